The van der Waals surface area contributed by atoms with Gasteiger partial charge in [-0.2, -0.15) is 0 Å². The SMILES string of the molecule is O=C(Nc1ccc2c(c1)C(=O)Nc1ccccc1O2)c1cccc(Br)c1. The van der Waals surface area contributed by atoms with E-state index in [4.69, 9.17) is 4.74 Å². The monoisotopic (exact) mass is 408 g/mol. The number of carbonyl (C=O) groups is 2. The van der Waals surface area contributed by atoms with Crippen LogP contribution in [0.1, 0.15) is 20.7 Å². The predicted molar refractivity (Wildman–Crippen MR) is 103 cm³/mol. The van der Waals surface area contributed by atoms with E-state index in [0.717, 1.165) is 4.47 Å². The summed E-state index contributed by atoms with van der Waals surface area (Å²) >= 11 is 3.35. The number of benzene rings is 3. The number of fused-ring (bicyclic) bond motifs is 2. The van der Waals surface area contributed by atoms with E-state index in [-0.39, 0.29) is 11.8 Å². The molecule has 2 amide bonds. The van der Waals surface area contributed by atoms with Gasteiger partial charge in [0.2, 0.25) is 0 Å². The normalized spacial score (nSPS) is 12.1. The summed E-state index contributed by atoms with van der Waals surface area (Å²) in [5.74, 6) is 0.464. The second-order valence-corrected chi connectivity index (χ2v) is 6.64. The number of para-hydroxylation sites is 2. The molecule has 0 bridgehead atoms. The van der Waals surface area contributed by atoms with Gasteiger partial charge in [-0.05, 0) is 48.5 Å². The molecule has 0 saturated heterocycles. The highest BCUT2D eigenvalue weighted by Gasteiger charge is 2.21. The van der Waals surface area contributed by atoms with Crippen LogP contribution in [0, 0.1) is 0 Å². The summed E-state index contributed by atoms with van der Waals surface area (Å²) in [7, 11) is 0. The second kappa shape index (κ2) is 6.65. The van der Waals surface area contributed by atoms with Crippen LogP contribution in [0.2, 0.25) is 0 Å². The molecule has 0 fully saturated rings. The lowest BCUT2D eigenvalue weighted by molar-refractivity contribution is 0.101. The molecular weight excluding hydrogens is 396 g/mol. The first-order valence-electron chi connectivity index (χ1n) is 7.89. The van der Waals surface area contributed by atoms with Gasteiger partial charge in [-0.3, -0.25) is 9.59 Å². The lowest BCUT2D eigenvalue weighted by Gasteiger charge is -2.10. The maximum Gasteiger partial charge on any atom is 0.259 e. The van der Waals surface area contributed by atoms with Crippen molar-refractivity contribution in [2.45, 2.75) is 0 Å². The highest BCUT2D eigenvalue weighted by atomic mass is 79.9. The molecule has 0 radical (unpaired) electrons. The van der Waals surface area contributed by atoms with E-state index in [1.54, 1.807) is 48.5 Å². The van der Waals surface area contributed by atoms with Gasteiger partial charge in [0.1, 0.15) is 5.75 Å². The summed E-state index contributed by atoms with van der Waals surface area (Å²) in [6.45, 7) is 0. The van der Waals surface area contributed by atoms with Crippen LogP contribution in [0.15, 0.2) is 71.2 Å². The third kappa shape index (κ3) is 3.19. The van der Waals surface area contributed by atoms with Gasteiger partial charge in [-0.25, -0.2) is 0 Å². The lowest BCUT2D eigenvalue weighted by Crippen LogP contribution is -2.14. The first kappa shape index (κ1) is 16.4. The first-order chi connectivity index (χ1) is 12.6. The topological polar surface area (TPSA) is 67.4 Å². The van der Waals surface area contributed by atoms with Gasteiger partial charge < -0.3 is 15.4 Å². The quantitative estimate of drug-likeness (QED) is 0.622. The second-order valence-electron chi connectivity index (χ2n) is 5.73. The minimum atomic E-state index is -0.288. The third-order valence-electron chi connectivity index (χ3n) is 3.92. The number of hydrogen-bond donors (Lipinski definition) is 2. The average Bonchev–Trinajstić information content (AvgIpc) is 2.77. The molecule has 3 aromatic carbocycles. The average molecular weight is 409 g/mol. The van der Waals surface area contributed by atoms with E-state index in [2.05, 4.69) is 26.6 Å². The number of hydrogen-bond acceptors (Lipinski definition) is 3. The van der Waals surface area contributed by atoms with E-state index >= 15 is 0 Å². The molecule has 3 aromatic rings. The lowest BCUT2D eigenvalue weighted by atomic mass is 10.1. The minimum Gasteiger partial charge on any atom is -0.454 e. The molecule has 6 heteroatoms. The third-order valence-corrected chi connectivity index (χ3v) is 4.42. The minimum absolute atomic E-state index is 0.260. The molecule has 0 aliphatic carbocycles. The van der Waals surface area contributed by atoms with Crippen LogP contribution in [0.4, 0.5) is 11.4 Å². The Hall–Kier alpha value is -3.12. The zero-order valence-electron chi connectivity index (χ0n) is 13.5. The molecule has 0 unspecified atom stereocenters. The van der Waals surface area contributed by atoms with Gasteiger partial charge in [0, 0.05) is 15.7 Å². The molecule has 0 atom stereocenters. The first-order valence-corrected chi connectivity index (χ1v) is 8.69. The molecule has 5 nitrogen and oxygen atoms in total. The fourth-order valence-electron chi connectivity index (χ4n) is 2.67. The summed E-state index contributed by atoms with van der Waals surface area (Å²) in [5.41, 5.74) is 1.99. The smallest absolute Gasteiger partial charge is 0.259 e. The molecule has 26 heavy (non-hydrogen) atoms. The fraction of sp³-hybridized carbons (Fsp3) is 0. The zero-order chi connectivity index (χ0) is 18.1. The van der Waals surface area contributed by atoms with E-state index < -0.39 is 0 Å². The van der Waals surface area contributed by atoms with Gasteiger partial charge in [0.15, 0.2) is 5.75 Å². The van der Waals surface area contributed by atoms with Crippen molar-refractivity contribution < 1.29 is 14.3 Å². The van der Waals surface area contributed by atoms with Gasteiger partial charge in [0.25, 0.3) is 11.8 Å². The Kier molecular flexibility index (Phi) is 4.18. The molecule has 1 aliphatic heterocycles. The Balaban J connectivity index is 1.63. The number of nitrogens with one attached hydrogen (secondary N) is 2. The van der Waals surface area contributed by atoms with Crippen molar-refractivity contribution >= 4 is 39.1 Å². The molecule has 128 valence electrons. The van der Waals surface area contributed by atoms with Crippen molar-refractivity contribution in [2.75, 3.05) is 10.6 Å². The van der Waals surface area contributed by atoms with E-state index in [0.29, 0.717) is 34.0 Å². The number of halogens is 1. The molecule has 1 heterocycles. The van der Waals surface area contributed by atoms with Crippen molar-refractivity contribution in [3.63, 3.8) is 0 Å². The molecule has 1 aliphatic rings. The Labute approximate surface area is 158 Å². The molecule has 0 spiro atoms. The zero-order valence-corrected chi connectivity index (χ0v) is 15.0. The van der Waals surface area contributed by atoms with E-state index in [9.17, 15) is 9.59 Å². The molecule has 2 N–H and O–H groups in total. The molecule has 0 saturated carbocycles. The van der Waals surface area contributed by atoms with Crippen molar-refractivity contribution in [1.29, 1.82) is 0 Å². The highest BCUT2D eigenvalue weighted by molar-refractivity contribution is 9.10. The number of amides is 2. The van der Waals surface area contributed by atoms with Crippen LogP contribution in [0.25, 0.3) is 0 Å². The number of anilines is 2. The van der Waals surface area contributed by atoms with Crippen LogP contribution < -0.4 is 15.4 Å². The summed E-state index contributed by atoms with van der Waals surface area (Å²) in [4.78, 5) is 24.9. The van der Waals surface area contributed by atoms with Crippen LogP contribution >= 0.6 is 15.9 Å². The summed E-state index contributed by atoms with van der Waals surface area (Å²) in [6.07, 6.45) is 0. The molecular formula is C20H13BrN2O3. The Bertz CT molecular complexity index is 1030. The van der Waals surface area contributed by atoms with Gasteiger partial charge in [-0.1, -0.05) is 34.1 Å². The van der Waals surface area contributed by atoms with Gasteiger partial charge in [-0.15, -0.1) is 0 Å². The van der Waals surface area contributed by atoms with E-state index in [1.807, 2.05) is 18.2 Å². The summed E-state index contributed by atoms with van der Waals surface area (Å²) < 4.78 is 6.65. The largest absolute Gasteiger partial charge is 0.454 e. The van der Waals surface area contributed by atoms with Crippen molar-refractivity contribution in [3.8, 4) is 11.5 Å². The van der Waals surface area contributed by atoms with Crippen LogP contribution in [0.3, 0.4) is 0 Å². The predicted octanol–water partition coefficient (Wildman–Crippen LogP) is 5.06. The Morgan fingerprint density at radius 3 is 2.65 bits per heavy atom. The van der Waals surface area contributed by atoms with Crippen LogP contribution in [-0.4, -0.2) is 11.8 Å². The highest BCUT2D eigenvalue weighted by Crippen LogP contribution is 2.36. The van der Waals surface area contributed by atoms with Crippen LogP contribution in [-0.2, 0) is 0 Å². The Morgan fingerprint density at radius 2 is 1.81 bits per heavy atom. The van der Waals surface area contributed by atoms with Crippen molar-refractivity contribution in [3.05, 3.63) is 82.3 Å². The van der Waals surface area contributed by atoms with Crippen molar-refractivity contribution in [2.24, 2.45) is 0 Å². The number of rotatable bonds is 2. The van der Waals surface area contributed by atoms with E-state index in [1.165, 1.54) is 0 Å². The standard InChI is InChI=1S/C20H13BrN2O3/c21-13-5-3-4-12(10-13)19(24)22-14-8-9-17-15(11-14)20(25)23-16-6-1-2-7-18(16)26-17/h1-11H,(H,22,24)(H,23,25). The van der Waals surface area contributed by atoms with Crippen LogP contribution in [0.5, 0.6) is 11.5 Å². The summed E-state index contributed by atoms with van der Waals surface area (Å²) in [5, 5.41) is 5.62. The number of carbonyl (C=O) groups excluding carboxylic acids is 2. The molecule has 0 aromatic heterocycles. The number of ether oxygens (including phenoxy) is 1. The maximum atomic E-state index is 12.5. The Morgan fingerprint density at radius 1 is 0.962 bits per heavy atom. The van der Waals surface area contributed by atoms with Gasteiger partial charge >= 0.3 is 0 Å². The molecule has 4 rings (SSSR count). The summed E-state index contributed by atoms with van der Waals surface area (Å²) in [6, 6.07) is 19.3. The van der Waals surface area contributed by atoms with Crippen molar-refractivity contribution in [1.82, 2.24) is 0 Å². The maximum absolute atomic E-state index is 12.5. The van der Waals surface area contributed by atoms with Gasteiger partial charge in [0.05, 0.1) is 11.3 Å². The fourth-order valence-corrected chi connectivity index (χ4v) is 3.07.